The summed E-state index contributed by atoms with van der Waals surface area (Å²) in [6, 6.07) is 0. The molecule has 4 heteroatoms. The number of allylic oxidation sites excluding steroid dienone is 2. The summed E-state index contributed by atoms with van der Waals surface area (Å²) in [5.74, 6) is -0.320. The summed E-state index contributed by atoms with van der Waals surface area (Å²) in [5.41, 5.74) is -0.357. The molecule has 7 unspecified atom stereocenters. The van der Waals surface area contributed by atoms with Crippen LogP contribution in [0.2, 0.25) is 0 Å². The third kappa shape index (κ3) is 1.77. The second kappa shape index (κ2) is 4.80. The van der Waals surface area contributed by atoms with Crippen molar-refractivity contribution in [2.24, 2.45) is 41.4 Å². The van der Waals surface area contributed by atoms with Crippen molar-refractivity contribution in [1.82, 2.24) is 0 Å². The number of ether oxygens (including phenoxy) is 1. The first-order chi connectivity index (χ1) is 11.5. The second-order valence-corrected chi connectivity index (χ2v) is 8.80. The van der Waals surface area contributed by atoms with Crippen molar-refractivity contribution in [3.05, 3.63) is 12.2 Å². The highest BCUT2D eigenvalue weighted by molar-refractivity contribution is 6.01. The Hall–Kier alpha value is -1.45. The first-order valence-corrected chi connectivity index (χ1v) is 9.49. The minimum Gasteiger partial charge on any atom is -0.459 e. The molecule has 4 fully saturated rings. The lowest BCUT2D eigenvalue weighted by Crippen LogP contribution is -2.40. The lowest BCUT2D eigenvalue weighted by molar-refractivity contribution is -0.170. The van der Waals surface area contributed by atoms with Gasteiger partial charge in [-0.3, -0.25) is 14.4 Å². The molecule has 24 heavy (non-hydrogen) atoms. The molecular weight excluding hydrogens is 304 g/mol. The first-order valence-electron chi connectivity index (χ1n) is 9.49. The summed E-state index contributed by atoms with van der Waals surface area (Å²) in [7, 11) is 0. The molecule has 0 N–H and O–H groups in total. The van der Waals surface area contributed by atoms with Gasteiger partial charge in [0.25, 0.3) is 0 Å². The SMILES string of the molecule is CC1(OC(=O)C2CC3C(=O)C2C2C4C=CC(C4=O)C32)CCCCC1. The van der Waals surface area contributed by atoms with Crippen molar-refractivity contribution in [1.29, 1.82) is 0 Å². The van der Waals surface area contributed by atoms with E-state index in [0.29, 0.717) is 6.42 Å². The molecule has 4 saturated carbocycles. The zero-order valence-corrected chi connectivity index (χ0v) is 14.1. The number of carbonyl (C=O) groups excluding carboxylic acids is 3. The fourth-order valence-electron chi connectivity index (χ4n) is 6.50. The maximum Gasteiger partial charge on any atom is 0.310 e. The Morgan fingerprint density at radius 3 is 2.42 bits per heavy atom. The lowest BCUT2D eigenvalue weighted by atomic mass is 9.69. The van der Waals surface area contributed by atoms with Crippen LogP contribution in [0.25, 0.3) is 0 Å². The van der Waals surface area contributed by atoms with E-state index in [1.165, 1.54) is 6.42 Å². The summed E-state index contributed by atoms with van der Waals surface area (Å²) in [4.78, 5) is 38.0. The summed E-state index contributed by atoms with van der Waals surface area (Å²) < 4.78 is 5.93. The molecule has 4 nitrogen and oxygen atoms in total. The van der Waals surface area contributed by atoms with Gasteiger partial charge in [0.15, 0.2) is 0 Å². The van der Waals surface area contributed by atoms with E-state index in [4.69, 9.17) is 4.74 Å². The molecule has 5 rings (SSSR count). The van der Waals surface area contributed by atoms with Crippen molar-refractivity contribution in [3.8, 4) is 0 Å². The van der Waals surface area contributed by atoms with Crippen LogP contribution >= 0.6 is 0 Å². The molecule has 0 aromatic rings. The Morgan fingerprint density at radius 2 is 1.71 bits per heavy atom. The zero-order chi connectivity index (χ0) is 16.6. The van der Waals surface area contributed by atoms with Crippen LogP contribution in [0.1, 0.15) is 45.4 Å². The number of hydrogen-bond donors (Lipinski definition) is 0. The van der Waals surface area contributed by atoms with Crippen LogP contribution in [-0.2, 0) is 19.1 Å². The Morgan fingerprint density at radius 1 is 1.04 bits per heavy atom. The third-order valence-corrected chi connectivity index (χ3v) is 7.53. The zero-order valence-electron chi connectivity index (χ0n) is 14.1. The molecule has 0 radical (unpaired) electrons. The molecule has 4 bridgehead atoms. The molecule has 5 aliphatic rings. The largest absolute Gasteiger partial charge is 0.459 e. The molecule has 0 amide bonds. The normalized spacial score (nSPS) is 47.3. The highest BCUT2D eigenvalue weighted by Crippen LogP contribution is 2.64. The molecule has 0 saturated heterocycles. The standard InChI is InChI=1S/C20H24O4/c1-20(7-3-2-4-8-20)24-19(23)13-9-12-14-10-5-6-11(17(10)21)15(14)16(13)18(12)22/h5-6,10-16H,2-4,7-9H2,1H3. The number of esters is 1. The maximum absolute atomic E-state index is 12.9. The Labute approximate surface area is 142 Å². The van der Waals surface area contributed by atoms with Crippen molar-refractivity contribution in [3.63, 3.8) is 0 Å². The molecule has 5 aliphatic carbocycles. The molecule has 0 aliphatic heterocycles. The van der Waals surface area contributed by atoms with E-state index in [0.717, 1.165) is 25.7 Å². The van der Waals surface area contributed by atoms with E-state index in [1.54, 1.807) is 0 Å². The third-order valence-electron chi connectivity index (χ3n) is 7.53. The number of fused-ring (bicyclic) bond motifs is 9. The van der Waals surface area contributed by atoms with Crippen LogP contribution in [0.4, 0.5) is 0 Å². The van der Waals surface area contributed by atoms with Gasteiger partial charge in [-0.15, -0.1) is 0 Å². The van der Waals surface area contributed by atoms with Crippen molar-refractivity contribution in [2.45, 2.75) is 51.0 Å². The van der Waals surface area contributed by atoms with Crippen molar-refractivity contribution < 1.29 is 19.1 Å². The number of rotatable bonds is 2. The minimum atomic E-state index is -0.357. The van der Waals surface area contributed by atoms with Crippen molar-refractivity contribution in [2.75, 3.05) is 0 Å². The topological polar surface area (TPSA) is 60.4 Å². The Kier molecular flexibility index (Phi) is 2.97. The maximum atomic E-state index is 12.9. The lowest BCUT2D eigenvalue weighted by Gasteiger charge is -2.37. The summed E-state index contributed by atoms with van der Waals surface area (Å²) in [6.07, 6.45) is 9.84. The van der Waals surface area contributed by atoms with Crippen LogP contribution in [-0.4, -0.2) is 23.1 Å². The van der Waals surface area contributed by atoms with Gasteiger partial charge in [0.2, 0.25) is 0 Å². The highest BCUT2D eigenvalue weighted by Gasteiger charge is 2.69. The smallest absolute Gasteiger partial charge is 0.310 e. The highest BCUT2D eigenvalue weighted by atomic mass is 16.6. The van der Waals surface area contributed by atoms with Gasteiger partial charge in [0.1, 0.15) is 17.2 Å². The van der Waals surface area contributed by atoms with E-state index in [1.807, 2.05) is 19.1 Å². The van der Waals surface area contributed by atoms with Gasteiger partial charge in [-0.25, -0.2) is 0 Å². The number of Topliss-reactive ketones (excluding diaryl/α,β-unsaturated/α-hetero) is 2. The fraction of sp³-hybridized carbons (Fsp3) is 0.750. The van der Waals surface area contributed by atoms with Gasteiger partial charge in [0.05, 0.1) is 5.92 Å². The van der Waals surface area contributed by atoms with Gasteiger partial charge in [0, 0.05) is 23.7 Å². The Bertz CT molecular complexity index is 657. The molecule has 7 atom stereocenters. The van der Waals surface area contributed by atoms with E-state index in [2.05, 4.69) is 0 Å². The molecule has 0 heterocycles. The molecule has 0 spiro atoms. The van der Waals surface area contributed by atoms with Crippen LogP contribution < -0.4 is 0 Å². The van der Waals surface area contributed by atoms with E-state index < -0.39 is 0 Å². The number of carbonyl (C=O) groups is 3. The fourth-order valence-corrected chi connectivity index (χ4v) is 6.50. The summed E-state index contributed by atoms with van der Waals surface area (Å²) >= 11 is 0. The van der Waals surface area contributed by atoms with E-state index >= 15 is 0 Å². The predicted octanol–water partition coefficient (Wildman–Crippen LogP) is 2.70. The van der Waals surface area contributed by atoms with Crippen LogP contribution in [0.3, 0.4) is 0 Å². The molecule has 0 aromatic heterocycles. The van der Waals surface area contributed by atoms with Crippen LogP contribution in [0.15, 0.2) is 12.2 Å². The number of ketones is 2. The molecular formula is C20H24O4. The van der Waals surface area contributed by atoms with Gasteiger partial charge in [-0.05, 0) is 50.9 Å². The quantitative estimate of drug-likeness (QED) is 0.444. The Balaban J connectivity index is 1.38. The molecule has 0 aromatic carbocycles. The van der Waals surface area contributed by atoms with Crippen LogP contribution in [0.5, 0.6) is 0 Å². The average Bonchev–Trinajstić information content (AvgIpc) is 3.25. The minimum absolute atomic E-state index is 0.0632. The monoisotopic (exact) mass is 328 g/mol. The second-order valence-electron chi connectivity index (χ2n) is 8.80. The number of hydrogen-bond acceptors (Lipinski definition) is 4. The van der Waals surface area contributed by atoms with Crippen LogP contribution in [0, 0.1) is 41.4 Å². The summed E-state index contributed by atoms with van der Waals surface area (Å²) in [5, 5.41) is 0. The van der Waals surface area contributed by atoms with E-state index in [-0.39, 0.29) is 64.6 Å². The first kappa shape index (κ1) is 14.9. The van der Waals surface area contributed by atoms with Gasteiger partial charge < -0.3 is 4.74 Å². The molecule has 128 valence electrons. The van der Waals surface area contributed by atoms with Gasteiger partial charge in [-0.1, -0.05) is 18.6 Å². The predicted molar refractivity (Wildman–Crippen MR) is 85.8 cm³/mol. The van der Waals surface area contributed by atoms with Gasteiger partial charge >= 0.3 is 5.97 Å². The van der Waals surface area contributed by atoms with Crippen molar-refractivity contribution >= 4 is 17.5 Å². The van der Waals surface area contributed by atoms with Gasteiger partial charge in [-0.2, -0.15) is 0 Å². The summed E-state index contributed by atoms with van der Waals surface area (Å²) in [6.45, 7) is 2.03. The van der Waals surface area contributed by atoms with E-state index in [9.17, 15) is 14.4 Å². The average molecular weight is 328 g/mol.